The number of hydrogen-bond donors (Lipinski definition) is 2. The zero-order valence-electron chi connectivity index (χ0n) is 16.1. The van der Waals surface area contributed by atoms with Crippen molar-refractivity contribution in [2.75, 3.05) is 43.6 Å². The summed E-state index contributed by atoms with van der Waals surface area (Å²) in [5.74, 6) is -0.552. The molecule has 0 atom stereocenters. The maximum atomic E-state index is 12.5. The Bertz CT molecular complexity index is 802. The summed E-state index contributed by atoms with van der Waals surface area (Å²) in [6, 6.07) is 9.37. The number of carbonyl (C=O) groups is 2. The van der Waals surface area contributed by atoms with Gasteiger partial charge >= 0.3 is 0 Å². The van der Waals surface area contributed by atoms with Gasteiger partial charge < -0.3 is 20.3 Å². The Morgan fingerprint density at radius 2 is 1.75 bits per heavy atom. The predicted molar refractivity (Wildman–Crippen MR) is 109 cm³/mol. The number of rotatable bonds is 8. The lowest BCUT2D eigenvalue weighted by molar-refractivity contribution is 0.0948. The SMILES string of the molecule is COCCCNC(=O)c1cncc(C(=O)Nc2ccc(N3CCCC3)cc2)c1. The topological polar surface area (TPSA) is 83.6 Å². The van der Waals surface area contributed by atoms with E-state index in [9.17, 15) is 9.59 Å². The molecule has 0 saturated carbocycles. The Morgan fingerprint density at radius 3 is 2.43 bits per heavy atom. The number of methoxy groups -OCH3 is 1. The van der Waals surface area contributed by atoms with Gasteiger partial charge in [0.2, 0.25) is 0 Å². The molecule has 0 radical (unpaired) electrons. The van der Waals surface area contributed by atoms with Crippen LogP contribution in [0.2, 0.25) is 0 Å². The van der Waals surface area contributed by atoms with Gasteiger partial charge in [0, 0.05) is 57.1 Å². The Labute approximate surface area is 165 Å². The van der Waals surface area contributed by atoms with Gasteiger partial charge in [-0.05, 0) is 49.6 Å². The summed E-state index contributed by atoms with van der Waals surface area (Å²) in [4.78, 5) is 31.1. The van der Waals surface area contributed by atoms with Gasteiger partial charge in [-0.3, -0.25) is 14.6 Å². The highest BCUT2D eigenvalue weighted by molar-refractivity contribution is 6.05. The van der Waals surface area contributed by atoms with Crippen molar-refractivity contribution in [3.63, 3.8) is 0 Å². The number of anilines is 2. The van der Waals surface area contributed by atoms with Crippen molar-refractivity contribution in [2.24, 2.45) is 0 Å². The van der Waals surface area contributed by atoms with Crippen LogP contribution in [0.4, 0.5) is 11.4 Å². The third kappa shape index (κ3) is 5.29. The first kappa shape index (κ1) is 19.8. The highest BCUT2D eigenvalue weighted by Gasteiger charge is 2.14. The first-order chi connectivity index (χ1) is 13.7. The summed E-state index contributed by atoms with van der Waals surface area (Å²) < 4.78 is 4.95. The average Bonchev–Trinajstić information content (AvgIpc) is 3.26. The molecular formula is C21H26N4O3. The fraction of sp³-hybridized carbons (Fsp3) is 0.381. The number of nitrogens with one attached hydrogen (secondary N) is 2. The van der Waals surface area contributed by atoms with Crippen LogP contribution in [-0.4, -0.2) is 50.1 Å². The molecule has 148 valence electrons. The maximum absolute atomic E-state index is 12.5. The molecule has 1 saturated heterocycles. The van der Waals surface area contributed by atoms with E-state index in [1.165, 1.54) is 30.9 Å². The van der Waals surface area contributed by atoms with Crippen LogP contribution in [0.3, 0.4) is 0 Å². The second-order valence-corrected chi connectivity index (χ2v) is 6.76. The minimum atomic E-state index is -0.296. The minimum Gasteiger partial charge on any atom is -0.385 e. The lowest BCUT2D eigenvalue weighted by atomic mass is 10.1. The van der Waals surface area contributed by atoms with Crippen LogP contribution in [-0.2, 0) is 4.74 Å². The maximum Gasteiger partial charge on any atom is 0.257 e. The number of amides is 2. The van der Waals surface area contributed by atoms with Crippen LogP contribution >= 0.6 is 0 Å². The van der Waals surface area contributed by atoms with Gasteiger partial charge in [0.15, 0.2) is 0 Å². The van der Waals surface area contributed by atoms with E-state index in [4.69, 9.17) is 4.74 Å². The fourth-order valence-electron chi connectivity index (χ4n) is 3.14. The van der Waals surface area contributed by atoms with Gasteiger partial charge in [0.1, 0.15) is 0 Å². The molecule has 2 amide bonds. The zero-order chi connectivity index (χ0) is 19.8. The third-order valence-corrected chi connectivity index (χ3v) is 4.67. The van der Waals surface area contributed by atoms with Crippen molar-refractivity contribution in [3.8, 4) is 0 Å². The number of hydrogen-bond acceptors (Lipinski definition) is 5. The Balaban J connectivity index is 1.58. The van der Waals surface area contributed by atoms with Gasteiger partial charge in [-0.2, -0.15) is 0 Å². The predicted octanol–water partition coefficient (Wildman–Crippen LogP) is 2.70. The van der Waals surface area contributed by atoms with E-state index in [0.29, 0.717) is 30.0 Å². The summed E-state index contributed by atoms with van der Waals surface area (Å²) in [6.07, 6.45) is 6.08. The fourth-order valence-corrected chi connectivity index (χ4v) is 3.14. The molecule has 1 aromatic carbocycles. The second kappa shape index (κ2) is 9.85. The molecule has 2 aromatic rings. The van der Waals surface area contributed by atoms with Crippen molar-refractivity contribution < 1.29 is 14.3 Å². The van der Waals surface area contributed by atoms with E-state index < -0.39 is 0 Å². The number of nitrogens with zero attached hydrogens (tertiary/aromatic N) is 2. The van der Waals surface area contributed by atoms with Gasteiger partial charge in [-0.1, -0.05) is 0 Å². The van der Waals surface area contributed by atoms with Crippen molar-refractivity contribution in [2.45, 2.75) is 19.3 Å². The summed E-state index contributed by atoms with van der Waals surface area (Å²) in [6.45, 7) is 3.25. The summed E-state index contributed by atoms with van der Waals surface area (Å²) in [5.41, 5.74) is 2.58. The van der Waals surface area contributed by atoms with E-state index in [0.717, 1.165) is 19.5 Å². The summed E-state index contributed by atoms with van der Waals surface area (Å²) in [5, 5.41) is 5.64. The van der Waals surface area contributed by atoms with Crippen molar-refractivity contribution in [1.29, 1.82) is 0 Å². The normalized spacial score (nSPS) is 13.4. The highest BCUT2D eigenvalue weighted by Crippen LogP contribution is 2.22. The molecule has 1 aliphatic rings. The monoisotopic (exact) mass is 382 g/mol. The van der Waals surface area contributed by atoms with Crippen molar-refractivity contribution in [3.05, 3.63) is 53.9 Å². The number of benzene rings is 1. The van der Waals surface area contributed by atoms with Crippen LogP contribution in [0.1, 0.15) is 40.0 Å². The van der Waals surface area contributed by atoms with Crippen LogP contribution in [0.5, 0.6) is 0 Å². The molecule has 7 heteroatoms. The largest absolute Gasteiger partial charge is 0.385 e. The van der Waals surface area contributed by atoms with E-state index in [-0.39, 0.29) is 11.8 Å². The Kier molecular flexibility index (Phi) is 6.97. The molecule has 0 spiro atoms. The molecule has 3 rings (SSSR count). The first-order valence-electron chi connectivity index (χ1n) is 9.56. The summed E-state index contributed by atoms with van der Waals surface area (Å²) >= 11 is 0. The van der Waals surface area contributed by atoms with Gasteiger partial charge in [0.05, 0.1) is 11.1 Å². The Morgan fingerprint density at radius 1 is 1.07 bits per heavy atom. The number of ether oxygens (including phenoxy) is 1. The lowest BCUT2D eigenvalue weighted by Gasteiger charge is -2.17. The molecule has 1 aromatic heterocycles. The van der Waals surface area contributed by atoms with Gasteiger partial charge in [-0.25, -0.2) is 0 Å². The number of carbonyl (C=O) groups excluding carboxylic acids is 2. The molecule has 7 nitrogen and oxygen atoms in total. The van der Waals surface area contributed by atoms with Crippen LogP contribution < -0.4 is 15.5 Å². The molecule has 2 heterocycles. The quantitative estimate of drug-likeness (QED) is 0.686. The molecule has 0 aliphatic carbocycles. The first-order valence-corrected chi connectivity index (χ1v) is 9.56. The molecule has 28 heavy (non-hydrogen) atoms. The number of pyridine rings is 1. The summed E-state index contributed by atoms with van der Waals surface area (Å²) in [7, 11) is 1.62. The van der Waals surface area contributed by atoms with E-state index in [1.807, 2.05) is 24.3 Å². The van der Waals surface area contributed by atoms with Crippen LogP contribution in [0, 0.1) is 0 Å². The van der Waals surface area contributed by atoms with E-state index >= 15 is 0 Å². The smallest absolute Gasteiger partial charge is 0.257 e. The standard InChI is InChI=1S/C21H26N4O3/c1-28-12-4-9-23-20(26)16-13-17(15-22-14-16)21(27)24-18-5-7-19(8-6-18)25-10-2-3-11-25/h5-8,13-15H,2-4,9-12H2,1H3,(H,23,26)(H,24,27). The highest BCUT2D eigenvalue weighted by atomic mass is 16.5. The molecule has 0 bridgehead atoms. The van der Waals surface area contributed by atoms with Crippen LogP contribution in [0.25, 0.3) is 0 Å². The molecule has 1 aliphatic heterocycles. The minimum absolute atomic E-state index is 0.256. The van der Waals surface area contributed by atoms with Gasteiger partial charge in [-0.15, -0.1) is 0 Å². The van der Waals surface area contributed by atoms with E-state index in [2.05, 4.69) is 20.5 Å². The third-order valence-electron chi connectivity index (χ3n) is 4.67. The molecular weight excluding hydrogens is 356 g/mol. The molecule has 1 fully saturated rings. The number of aromatic nitrogens is 1. The molecule has 0 unspecified atom stereocenters. The van der Waals surface area contributed by atoms with Gasteiger partial charge in [0.25, 0.3) is 11.8 Å². The second-order valence-electron chi connectivity index (χ2n) is 6.76. The van der Waals surface area contributed by atoms with Crippen molar-refractivity contribution in [1.82, 2.24) is 10.3 Å². The zero-order valence-corrected chi connectivity index (χ0v) is 16.1. The van der Waals surface area contributed by atoms with E-state index in [1.54, 1.807) is 13.2 Å². The lowest BCUT2D eigenvalue weighted by Crippen LogP contribution is -2.25. The molecule has 2 N–H and O–H groups in total. The average molecular weight is 382 g/mol. The Hall–Kier alpha value is -2.93. The van der Waals surface area contributed by atoms with Crippen molar-refractivity contribution >= 4 is 23.2 Å². The van der Waals surface area contributed by atoms with Crippen LogP contribution in [0.15, 0.2) is 42.7 Å².